The summed E-state index contributed by atoms with van der Waals surface area (Å²) in [6.45, 7) is 0. The first kappa shape index (κ1) is 24.8. The summed E-state index contributed by atoms with van der Waals surface area (Å²) in [5.41, 5.74) is -16.8. The van der Waals surface area contributed by atoms with Crippen molar-refractivity contribution in [1.29, 1.82) is 0 Å². The molecule has 0 saturated carbocycles. The summed E-state index contributed by atoms with van der Waals surface area (Å²) in [6.07, 6.45) is -32.3. The highest BCUT2D eigenvalue weighted by Gasteiger charge is 2.98. The molecule has 0 aromatic carbocycles. The Balaban J connectivity index is 7.50. The maximum Gasteiger partial charge on any atom is 0.456 e. The Morgan fingerprint density at radius 3 is 0.538 bits per heavy atom. The molecule has 0 aliphatic carbocycles. The molecule has 2 N–H and O–H groups in total. The van der Waals surface area contributed by atoms with Gasteiger partial charge in [0.15, 0.2) is 0 Å². The first-order valence-electron chi connectivity index (χ1n) is 5.22. The number of rotatable bonds is 3. The molecule has 2 atom stereocenters. The molecule has 0 radical (unpaired) electrons. The molecule has 18 heteroatoms. The molecule has 0 fully saturated rings. The molecule has 0 spiro atoms. The van der Waals surface area contributed by atoms with Gasteiger partial charge in [-0.2, -0.15) is 70.2 Å². The van der Waals surface area contributed by atoms with Crippen molar-refractivity contribution in [2.45, 2.75) is 47.8 Å². The van der Waals surface area contributed by atoms with Crippen molar-refractivity contribution >= 4 is 0 Å². The van der Waals surface area contributed by atoms with Gasteiger partial charge in [-0.1, -0.05) is 0 Å². The smallest absolute Gasteiger partial charge is 0.373 e. The first-order chi connectivity index (χ1) is 10.8. The fourth-order valence-electron chi connectivity index (χ4n) is 1.63. The topological polar surface area (TPSA) is 40.5 Å². The normalized spacial score (nSPS) is 20.5. The van der Waals surface area contributed by atoms with Crippen LogP contribution in [0.4, 0.5) is 70.2 Å². The second-order valence-corrected chi connectivity index (χ2v) is 4.56. The lowest BCUT2D eigenvalue weighted by Gasteiger charge is -2.50. The molecule has 2 nitrogen and oxygen atoms in total. The lowest BCUT2D eigenvalue weighted by Crippen LogP contribution is -2.85. The van der Waals surface area contributed by atoms with Crippen LogP contribution in [0.1, 0.15) is 0 Å². The van der Waals surface area contributed by atoms with Crippen molar-refractivity contribution in [3.8, 4) is 0 Å². The molecule has 0 bridgehead atoms. The molecule has 0 aromatic rings. The number of halogens is 16. The van der Waals surface area contributed by atoms with Crippen LogP contribution in [0.2, 0.25) is 0 Å². The van der Waals surface area contributed by atoms with Gasteiger partial charge in [0.1, 0.15) is 0 Å². The van der Waals surface area contributed by atoms with E-state index in [-0.39, 0.29) is 0 Å². The van der Waals surface area contributed by atoms with Crippen LogP contribution in [0, 0.1) is 0 Å². The highest BCUT2D eigenvalue weighted by molar-refractivity contribution is 5.23. The highest BCUT2D eigenvalue weighted by atomic mass is 19.4. The van der Waals surface area contributed by atoms with E-state index in [1.807, 2.05) is 0 Å². The fraction of sp³-hybridized carbons (Fsp3) is 1.00. The van der Waals surface area contributed by atoms with E-state index < -0.39 is 47.8 Å². The molecule has 2 unspecified atom stereocenters. The standard InChI is InChI=1S/C8H2F16O2/c9-3(10,7(19,20)21)1(25,5(13,14)15)2(26,6(16,17)18)4(11,12)8(22,23)24/h25-26H. The van der Waals surface area contributed by atoms with Gasteiger partial charge in [-0.15, -0.1) is 0 Å². The van der Waals surface area contributed by atoms with E-state index in [9.17, 15) is 70.2 Å². The van der Waals surface area contributed by atoms with Gasteiger partial charge in [-0.25, -0.2) is 0 Å². The minimum Gasteiger partial charge on any atom is -0.373 e. The molecule has 0 aliphatic heterocycles. The van der Waals surface area contributed by atoms with E-state index in [2.05, 4.69) is 0 Å². The summed E-state index contributed by atoms with van der Waals surface area (Å²) in [6, 6.07) is 0. The van der Waals surface area contributed by atoms with E-state index in [4.69, 9.17) is 10.2 Å². The summed E-state index contributed by atoms with van der Waals surface area (Å²) >= 11 is 0. The highest BCUT2D eigenvalue weighted by Crippen LogP contribution is 2.64. The van der Waals surface area contributed by atoms with Crippen molar-refractivity contribution in [2.24, 2.45) is 0 Å². The van der Waals surface area contributed by atoms with E-state index in [1.54, 1.807) is 0 Å². The molecular weight excluding hydrogens is 432 g/mol. The number of hydrogen-bond donors (Lipinski definition) is 2. The maximum atomic E-state index is 13.0. The number of aliphatic hydroxyl groups is 2. The van der Waals surface area contributed by atoms with Gasteiger partial charge in [0.05, 0.1) is 0 Å². The number of alkyl halides is 16. The minimum atomic E-state index is -8.40. The van der Waals surface area contributed by atoms with Crippen LogP contribution in [-0.4, -0.2) is 58.0 Å². The van der Waals surface area contributed by atoms with E-state index >= 15 is 0 Å². The average molecular weight is 434 g/mol. The predicted molar refractivity (Wildman–Crippen MR) is 44.0 cm³/mol. The van der Waals surface area contributed by atoms with Crippen LogP contribution in [0.3, 0.4) is 0 Å². The van der Waals surface area contributed by atoms with E-state index in [0.717, 1.165) is 0 Å². The van der Waals surface area contributed by atoms with Crippen molar-refractivity contribution < 1.29 is 80.5 Å². The molecule has 0 saturated heterocycles. The van der Waals surface area contributed by atoms with Gasteiger partial charge in [-0.3, -0.25) is 0 Å². The third-order valence-electron chi connectivity index (χ3n) is 2.96. The van der Waals surface area contributed by atoms with Gasteiger partial charge in [0, 0.05) is 0 Å². The third-order valence-corrected chi connectivity index (χ3v) is 2.96. The lowest BCUT2D eigenvalue weighted by molar-refractivity contribution is -0.510. The van der Waals surface area contributed by atoms with Crippen LogP contribution in [0.5, 0.6) is 0 Å². The van der Waals surface area contributed by atoms with Crippen molar-refractivity contribution in [3.63, 3.8) is 0 Å². The largest absolute Gasteiger partial charge is 0.456 e. The first-order valence-corrected chi connectivity index (χ1v) is 5.22. The molecule has 0 amide bonds. The Hall–Kier alpha value is -1.20. The third kappa shape index (κ3) is 2.84. The van der Waals surface area contributed by atoms with Gasteiger partial charge in [0.25, 0.3) is 11.2 Å². The SMILES string of the molecule is OC(C(F)(F)F)(C(F)(F)C(F)(F)F)C(O)(C(F)(F)F)C(F)(F)C(F)(F)F. The van der Waals surface area contributed by atoms with E-state index in [0.29, 0.717) is 0 Å². The van der Waals surface area contributed by atoms with Gasteiger partial charge >= 0.3 is 36.6 Å². The number of hydrogen-bond acceptors (Lipinski definition) is 2. The van der Waals surface area contributed by atoms with Crippen LogP contribution >= 0.6 is 0 Å². The predicted octanol–water partition coefficient (Wildman–Crippen LogP) is 3.97. The molecule has 0 aromatic heterocycles. The van der Waals surface area contributed by atoms with Crippen LogP contribution in [0.25, 0.3) is 0 Å². The minimum absolute atomic E-state index is 7.96. The molecule has 26 heavy (non-hydrogen) atoms. The molecule has 0 rings (SSSR count). The fourth-order valence-corrected chi connectivity index (χ4v) is 1.63. The zero-order valence-corrected chi connectivity index (χ0v) is 10.9. The summed E-state index contributed by atoms with van der Waals surface area (Å²) in [5.74, 6) is -16.8. The summed E-state index contributed by atoms with van der Waals surface area (Å²) in [4.78, 5) is 0. The van der Waals surface area contributed by atoms with Crippen molar-refractivity contribution in [3.05, 3.63) is 0 Å². The van der Waals surface area contributed by atoms with Crippen molar-refractivity contribution in [2.75, 3.05) is 0 Å². The Morgan fingerprint density at radius 1 is 0.308 bits per heavy atom. The Labute approximate surface area is 130 Å². The maximum absolute atomic E-state index is 13.0. The van der Waals surface area contributed by atoms with Gasteiger partial charge in [0.2, 0.25) is 0 Å². The molecule has 158 valence electrons. The summed E-state index contributed by atoms with van der Waals surface area (Å²) in [5, 5.41) is 16.8. The Bertz CT molecular complexity index is 474. The van der Waals surface area contributed by atoms with Crippen LogP contribution in [-0.2, 0) is 0 Å². The Morgan fingerprint density at radius 2 is 0.462 bits per heavy atom. The zero-order valence-electron chi connectivity index (χ0n) is 10.9. The second kappa shape index (κ2) is 5.65. The Kier molecular flexibility index (Phi) is 5.39. The van der Waals surface area contributed by atoms with Gasteiger partial charge in [-0.05, 0) is 0 Å². The average Bonchev–Trinajstić information content (AvgIpc) is 2.30. The lowest BCUT2D eigenvalue weighted by atomic mass is 9.71. The monoisotopic (exact) mass is 434 g/mol. The van der Waals surface area contributed by atoms with E-state index in [1.165, 1.54) is 0 Å². The zero-order chi connectivity index (χ0) is 22.0. The van der Waals surface area contributed by atoms with Crippen molar-refractivity contribution in [1.82, 2.24) is 0 Å². The molecular formula is C8H2F16O2. The molecule has 0 aliphatic rings. The van der Waals surface area contributed by atoms with Gasteiger partial charge < -0.3 is 10.2 Å². The summed E-state index contributed by atoms with van der Waals surface area (Å²) < 4.78 is 199. The second-order valence-electron chi connectivity index (χ2n) is 4.56. The van der Waals surface area contributed by atoms with Crippen LogP contribution < -0.4 is 0 Å². The quantitative estimate of drug-likeness (QED) is 0.661. The molecule has 0 heterocycles. The summed E-state index contributed by atoms with van der Waals surface area (Å²) in [7, 11) is 0. The van der Waals surface area contributed by atoms with Crippen LogP contribution in [0.15, 0.2) is 0 Å².